The highest BCUT2D eigenvalue weighted by atomic mass is 17.1. The first-order valence-corrected chi connectivity index (χ1v) is 2.68. The molecule has 3 N–H and O–H groups in total. The minimum atomic E-state index is -0.683. The third kappa shape index (κ3) is 4.62. The van der Waals surface area contributed by atoms with Crippen LogP contribution in [-0.2, 0) is 14.7 Å². The standard InChI is InChI=1S/C4H10O6/c5-8-2-1-4(10-7)3-9-6/h4-7H,1-3H2. The molecule has 0 fully saturated rings. The summed E-state index contributed by atoms with van der Waals surface area (Å²) in [6.45, 7) is -0.158. The Hall–Kier alpha value is -0.240. The summed E-state index contributed by atoms with van der Waals surface area (Å²) >= 11 is 0. The van der Waals surface area contributed by atoms with E-state index in [0.29, 0.717) is 0 Å². The van der Waals surface area contributed by atoms with Gasteiger partial charge < -0.3 is 0 Å². The maximum Gasteiger partial charge on any atom is 0.121 e. The van der Waals surface area contributed by atoms with Gasteiger partial charge in [-0.25, -0.2) is 14.7 Å². The largest absolute Gasteiger partial charge is 0.252 e. The molecule has 62 valence electrons. The van der Waals surface area contributed by atoms with Crippen molar-refractivity contribution in [2.45, 2.75) is 12.5 Å². The van der Waals surface area contributed by atoms with Crippen molar-refractivity contribution < 1.29 is 30.4 Å². The van der Waals surface area contributed by atoms with Crippen molar-refractivity contribution in [1.82, 2.24) is 0 Å². The summed E-state index contributed by atoms with van der Waals surface area (Å²) in [5.41, 5.74) is 0. The molecule has 6 nitrogen and oxygen atoms in total. The van der Waals surface area contributed by atoms with Gasteiger partial charge in [0, 0.05) is 6.42 Å². The van der Waals surface area contributed by atoms with Gasteiger partial charge in [0.25, 0.3) is 0 Å². The lowest BCUT2D eigenvalue weighted by Crippen LogP contribution is -2.19. The summed E-state index contributed by atoms with van der Waals surface area (Å²) < 4.78 is 0. The molecule has 0 radical (unpaired) electrons. The highest BCUT2D eigenvalue weighted by Crippen LogP contribution is 1.96. The average Bonchev–Trinajstić information content (AvgIpc) is 1.98. The van der Waals surface area contributed by atoms with Crippen molar-refractivity contribution in [3.05, 3.63) is 0 Å². The van der Waals surface area contributed by atoms with Gasteiger partial charge in [0.15, 0.2) is 0 Å². The van der Waals surface area contributed by atoms with Gasteiger partial charge in [-0.2, -0.15) is 0 Å². The van der Waals surface area contributed by atoms with E-state index < -0.39 is 6.10 Å². The second kappa shape index (κ2) is 6.87. The molecule has 0 rings (SSSR count). The quantitative estimate of drug-likeness (QED) is 0.374. The van der Waals surface area contributed by atoms with E-state index in [0.717, 1.165) is 0 Å². The second-order valence-electron chi connectivity index (χ2n) is 1.65. The Morgan fingerprint density at radius 1 is 1.10 bits per heavy atom. The van der Waals surface area contributed by atoms with Crippen molar-refractivity contribution in [3.63, 3.8) is 0 Å². The summed E-state index contributed by atoms with van der Waals surface area (Å²) in [5, 5.41) is 23.8. The van der Waals surface area contributed by atoms with E-state index in [2.05, 4.69) is 14.7 Å². The molecule has 0 aromatic carbocycles. The first-order chi connectivity index (χ1) is 4.85. The Morgan fingerprint density at radius 2 is 1.80 bits per heavy atom. The maximum atomic E-state index is 8.06. The lowest BCUT2D eigenvalue weighted by Gasteiger charge is -2.08. The molecule has 0 aliphatic carbocycles. The number of hydrogen-bond acceptors (Lipinski definition) is 6. The highest BCUT2D eigenvalue weighted by Gasteiger charge is 2.08. The lowest BCUT2D eigenvalue weighted by molar-refractivity contribution is -0.333. The summed E-state index contributed by atoms with van der Waals surface area (Å²) in [7, 11) is 0. The third-order valence-electron chi connectivity index (χ3n) is 0.941. The molecule has 0 saturated heterocycles. The van der Waals surface area contributed by atoms with Crippen LogP contribution in [0, 0.1) is 0 Å². The van der Waals surface area contributed by atoms with Crippen molar-refractivity contribution in [3.8, 4) is 0 Å². The minimum Gasteiger partial charge on any atom is -0.252 e. The van der Waals surface area contributed by atoms with Gasteiger partial charge in [0.1, 0.15) is 12.7 Å². The van der Waals surface area contributed by atoms with Crippen LogP contribution in [0.1, 0.15) is 6.42 Å². The van der Waals surface area contributed by atoms with E-state index in [1.807, 2.05) is 0 Å². The Balaban J connectivity index is 3.21. The Morgan fingerprint density at radius 3 is 2.20 bits per heavy atom. The third-order valence-corrected chi connectivity index (χ3v) is 0.941. The zero-order valence-corrected chi connectivity index (χ0v) is 5.27. The first kappa shape index (κ1) is 9.76. The van der Waals surface area contributed by atoms with Gasteiger partial charge in [-0.1, -0.05) is 0 Å². The van der Waals surface area contributed by atoms with Gasteiger partial charge in [-0.15, -0.1) is 0 Å². The molecule has 0 saturated carbocycles. The molecule has 1 atom stereocenters. The fourth-order valence-corrected chi connectivity index (χ4v) is 0.434. The van der Waals surface area contributed by atoms with Crippen molar-refractivity contribution in [2.75, 3.05) is 13.2 Å². The average molecular weight is 154 g/mol. The molecule has 0 amide bonds. The maximum absolute atomic E-state index is 8.06. The summed E-state index contributed by atoms with van der Waals surface area (Å²) in [6, 6.07) is 0. The van der Waals surface area contributed by atoms with Crippen molar-refractivity contribution in [1.29, 1.82) is 0 Å². The van der Waals surface area contributed by atoms with Crippen molar-refractivity contribution in [2.24, 2.45) is 0 Å². The minimum absolute atomic E-state index is 0.00852. The van der Waals surface area contributed by atoms with Crippen LogP contribution in [-0.4, -0.2) is 35.1 Å². The van der Waals surface area contributed by atoms with Gasteiger partial charge in [-0.05, 0) is 0 Å². The molecular formula is C4H10O6. The molecule has 0 aliphatic heterocycles. The Kier molecular flexibility index (Phi) is 6.71. The summed E-state index contributed by atoms with van der Waals surface area (Å²) in [4.78, 5) is 11.2. The van der Waals surface area contributed by atoms with Gasteiger partial charge >= 0.3 is 0 Å². The van der Waals surface area contributed by atoms with Gasteiger partial charge in [0.2, 0.25) is 0 Å². The topological polar surface area (TPSA) is 88.4 Å². The Bertz CT molecular complexity index is 66.8. The predicted octanol–water partition coefficient (Wildman–Crippen LogP) is 0.214. The zero-order chi connectivity index (χ0) is 7.82. The van der Waals surface area contributed by atoms with Crippen LogP contribution in [0.5, 0.6) is 0 Å². The Labute approximate surface area is 57.3 Å². The summed E-state index contributed by atoms with van der Waals surface area (Å²) in [6.07, 6.45) is -0.453. The molecule has 0 heterocycles. The monoisotopic (exact) mass is 154 g/mol. The van der Waals surface area contributed by atoms with E-state index in [-0.39, 0.29) is 19.6 Å². The molecular weight excluding hydrogens is 144 g/mol. The highest BCUT2D eigenvalue weighted by molar-refractivity contribution is 4.51. The van der Waals surface area contributed by atoms with E-state index >= 15 is 0 Å². The second-order valence-corrected chi connectivity index (χ2v) is 1.65. The van der Waals surface area contributed by atoms with E-state index in [1.54, 1.807) is 0 Å². The number of hydrogen-bond donors (Lipinski definition) is 3. The van der Waals surface area contributed by atoms with Crippen LogP contribution < -0.4 is 0 Å². The fraction of sp³-hybridized carbons (Fsp3) is 1.00. The smallest absolute Gasteiger partial charge is 0.121 e. The van der Waals surface area contributed by atoms with E-state index in [1.165, 1.54) is 0 Å². The molecule has 6 heteroatoms. The van der Waals surface area contributed by atoms with Crippen LogP contribution in [0.25, 0.3) is 0 Å². The molecule has 10 heavy (non-hydrogen) atoms. The van der Waals surface area contributed by atoms with Crippen LogP contribution in [0.4, 0.5) is 0 Å². The molecule has 0 aromatic heterocycles. The zero-order valence-electron chi connectivity index (χ0n) is 5.27. The molecule has 0 spiro atoms. The van der Waals surface area contributed by atoms with Crippen molar-refractivity contribution >= 4 is 0 Å². The number of rotatable bonds is 6. The van der Waals surface area contributed by atoms with Crippen LogP contribution in [0.15, 0.2) is 0 Å². The van der Waals surface area contributed by atoms with Crippen LogP contribution >= 0.6 is 0 Å². The molecule has 0 bridgehead atoms. The summed E-state index contributed by atoms with van der Waals surface area (Å²) in [5.74, 6) is 0. The van der Waals surface area contributed by atoms with Gasteiger partial charge in [-0.3, -0.25) is 15.8 Å². The van der Waals surface area contributed by atoms with Crippen LogP contribution in [0.3, 0.4) is 0 Å². The first-order valence-electron chi connectivity index (χ1n) is 2.68. The molecule has 1 unspecified atom stereocenters. The SMILES string of the molecule is OOCCC(COO)OO. The lowest BCUT2D eigenvalue weighted by atomic mass is 10.3. The van der Waals surface area contributed by atoms with Gasteiger partial charge in [0.05, 0.1) is 6.61 Å². The van der Waals surface area contributed by atoms with E-state index in [4.69, 9.17) is 15.8 Å². The normalized spacial score (nSPS) is 13.5. The predicted molar refractivity (Wildman–Crippen MR) is 29.3 cm³/mol. The van der Waals surface area contributed by atoms with Crippen LogP contribution in [0.2, 0.25) is 0 Å². The van der Waals surface area contributed by atoms with E-state index in [9.17, 15) is 0 Å². The molecule has 0 aromatic rings. The fourth-order valence-electron chi connectivity index (χ4n) is 0.434. The molecule has 0 aliphatic rings.